The average Bonchev–Trinajstić information content (AvgIpc) is 3.19. The third kappa shape index (κ3) is 4.84. The molecule has 0 bridgehead atoms. The van der Waals surface area contributed by atoms with Gasteiger partial charge in [-0.3, -0.25) is 14.4 Å². The van der Waals surface area contributed by atoms with Crippen molar-refractivity contribution in [2.24, 2.45) is 5.92 Å². The molecule has 8 heteroatoms. The maximum absolute atomic E-state index is 13.5. The van der Waals surface area contributed by atoms with Crippen LogP contribution in [0.15, 0.2) is 36.7 Å². The predicted molar refractivity (Wildman–Crippen MR) is 122 cm³/mol. The molecule has 2 N–H and O–H groups in total. The first-order valence-corrected chi connectivity index (χ1v) is 11.3. The molecule has 1 aliphatic heterocycles. The Morgan fingerprint density at radius 2 is 1.91 bits per heavy atom. The van der Waals surface area contributed by atoms with Gasteiger partial charge >= 0.3 is 0 Å². The molecule has 0 saturated carbocycles. The minimum Gasteiger partial charge on any atom is -0.354 e. The lowest BCUT2D eigenvalue weighted by Gasteiger charge is -2.43. The number of aromatic nitrogens is 2. The molecule has 0 spiro atoms. The molecule has 0 radical (unpaired) electrons. The Balaban J connectivity index is 1.82. The fourth-order valence-corrected chi connectivity index (χ4v) is 3.95. The number of benzene rings is 1. The maximum atomic E-state index is 13.5. The van der Waals surface area contributed by atoms with Crippen LogP contribution in [0.3, 0.4) is 0 Å². The highest BCUT2D eigenvalue weighted by Crippen LogP contribution is 2.29. The third-order valence-electron chi connectivity index (χ3n) is 5.81. The van der Waals surface area contributed by atoms with Gasteiger partial charge in [-0.2, -0.15) is 0 Å². The van der Waals surface area contributed by atoms with Crippen LogP contribution in [0.25, 0.3) is 0 Å². The molecule has 0 saturated heterocycles. The Bertz CT molecular complexity index is 969. The van der Waals surface area contributed by atoms with Crippen LogP contribution in [0.5, 0.6) is 0 Å². The number of fused-ring (bicyclic) bond motifs is 1. The molecule has 1 atom stereocenters. The highest BCUT2D eigenvalue weighted by atomic mass is 16.2. The zero-order valence-corrected chi connectivity index (χ0v) is 19.4. The van der Waals surface area contributed by atoms with Crippen molar-refractivity contribution in [1.29, 1.82) is 0 Å². The number of rotatable bonds is 9. The van der Waals surface area contributed by atoms with Crippen molar-refractivity contribution in [2.45, 2.75) is 59.2 Å². The molecule has 3 amide bonds. The quantitative estimate of drug-likeness (QED) is 0.628. The van der Waals surface area contributed by atoms with Crippen LogP contribution < -0.4 is 10.6 Å². The van der Waals surface area contributed by atoms with Gasteiger partial charge in [0, 0.05) is 19.6 Å². The lowest BCUT2D eigenvalue weighted by molar-refractivity contribution is -0.132. The summed E-state index contributed by atoms with van der Waals surface area (Å²) in [5, 5.41) is 5.82. The van der Waals surface area contributed by atoms with Crippen molar-refractivity contribution in [3.8, 4) is 0 Å². The van der Waals surface area contributed by atoms with Crippen LogP contribution in [-0.4, -0.2) is 50.8 Å². The summed E-state index contributed by atoms with van der Waals surface area (Å²) in [5.74, 6) is -0.464. The van der Waals surface area contributed by atoms with Gasteiger partial charge < -0.3 is 20.1 Å². The SMILES string of the molecule is CCCN1C(=O)c2c(C(=O)NCc3ccccc3)ncn2CC1(C)C(=O)NCCC(C)C. The van der Waals surface area contributed by atoms with E-state index >= 15 is 0 Å². The number of amides is 3. The zero-order valence-electron chi connectivity index (χ0n) is 19.4. The second kappa shape index (κ2) is 9.97. The van der Waals surface area contributed by atoms with E-state index in [1.54, 1.807) is 16.4 Å². The lowest BCUT2D eigenvalue weighted by Crippen LogP contribution is -2.64. The summed E-state index contributed by atoms with van der Waals surface area (Å²) in [7, 11) is 0. The number of imidazole rings is 1. The summed E-state index contributed by atoms with van der Waals surface area (Å²) in [5.41, 5.74) is 0.236. The van der Waals surface area contributed by atoms with Gasteiger partial charge in [-0.1, -0.05) is 51.1 Å². The van der Waals surface area contributed by atoms with Crippen molar-refractivity contribution < 1.29 is 14.4 Å². The summed E-state index contributed by atoms with van der Waals surface area (Å²) in [6.07, 6.45) is 3.05. The third-order valence-corrected chi connectivity index (χ3v) is 5.81. The Morgan fingerprint density at radius 1 is 1.19 bits per heavy atom. The number of nitrogens with zero attached hydrogens (tertiary/aromatic N) is 3. The van der Waals surface area contributed by atoms with E-state index in [0.29, 0.717) is 32.0 Å². The van der Waals surface area contributed by atoms with E-state index in [0.717, 1.165) is 12.0 Å². The smallest absolute Gasteiger partial charge is 0.273 e. The second-order valence-corrected chi connectivity index (χ2v) is 8.91. The van der Waals surface area contributed by atoms with Crippen molar-refractivity contribution in [2.75, 3.05) is 13.1 Å². The summed E-state index contributed by atoms with van der Waals surface area (Å²) < 4.78 is 1.63. The molecule has 3 rings (SSSR count). The van der Waals surface area contributed by atoms with Gasteiger partial charge in [0.2, 0.25) is 5.91 Å². The average molecular weight is 440 g/mol. The summed E-state index contributed by atoms with van der Waals surface area (Å²) in [4.78, 5) is 45.2. The van der Waals surface area contributed by atoms with Gasteiger partial charge in [-0.05, 0) is 31.2 Å². The van der Waals surface area contributed by atoms with E-state index in [-0.39, 0.29) is 29.7 Å². The molecule has 0 fully saturated rings. The number of hydrogen-bond donors (Lipinski definition) is 2. The molecule has 1 aromatic carbocycles. The molecule has 1 aromatic heterocycles. The number of carbonyl (C=O) groups is 3. The van der Waals surface area contributed by atoms with Crippen LogP contribution in [0, 0.1) is 5.92 Å². The van der Waals surface area contributed by atoms with Crippen molar-refractivity contribution >= 4 is 17.7 Å². The normalized spacial score (nSPS) is 17.9. The standard InChI is InChI=1S/C24H33N5O3/c1-5-13-29-22(31)20-19(21(30)26-14-18-9-7-6-8-10-18)27-16-28(20)15-24(29,4)23(32)25-12-11-17(2)3/h6-10,16-17H,5,11-15H2,1-4H3,(H,25,32)(H,26,30). The summed E-state index contributed by atoms with van der Waals surface area (Å²) in [6, 6.07) is 9.55. The van der Waals surface area contributed by atoms with Crippen LogP contribution >= 0.6 is 0 Å². The Morgan fingerprint density at radius 3 is 2.56 bits per heavy atom. The Labute approximate surface area is 189 Å². The van der Waals surface area contributed by atoms with Gasteiger partial charge in [0.1, 0.15) is 11.2 Å². The second-order valence-electron chi connectivity index (χ2n) is 8.91. The highest BCUT2D eigenvalue weighted by molar-refractivity contribution is 6.07. The van der Waals surface area contributed by atoms with E-state index in [1.165, 1.54) is 6.33 Å². The highest BCUT2D eigenvalue weighted by Gasteiger charge is 2.48. The van der Waals surface area contributed by atoms with E-state index in [1.807, 2.05) is 37.3 Å². The first-order chi connectivity index (χ1) is 15.3. The summed E-state index contributed by atoms with van der Waals surface area (Å²) in [6.45, 7) is 9.52. The molecule has 8 nitrogen and oxygen atoms in total. The molecule has 172 valence electrons. The van der Waals surface area contributed by atoms with E-state index in [2.05, 4.69) is 29.5 Å². The van der Waals surface area contributed by atoms with E-state index in [4.69, 9.17) is 0 Å². The van der Waals surface area contributed by atoms with Gasteiger partial charge in [0.05, 0.1) is 12.9 Å². The minimum absolute atomic E-state index is 0.0919. The van der Waals surface area contributed by atoms with E-state index in [9.17, 15) is 14.4 Å². The summed E-state index contributed by atoms with van der Waals surface area (Å²) >= 11 is 0. The van der Waals surface area contributed by atoms with Crippen molar-refractivity contribution in [3.63, 3.8) is 0 Å². The number of hydrogen-bond acceptors (Lipinski definition) is 4. The largest absolute Gasteiger partial charge is 0.354 e. The van der Waals surface area contributed by atoms with E-state index < -0.39 is 11.4 Å². The lowest BCUT2D eigenvalue weighted by atomic mass is 9.93. The van der Waals surface area contributed by atoms with Gasteiger partial charge in [0.15, 0.2) is 5.69 Å². The Hall–Kier alpha value is -3.16. The molecule has 1 aliphatic rings. The molecular formula is C24H33N5O3. The first-order valence-electron chi connectivity index (χ1n) is 11.3. The molecule has 2 heterocycles. The molecular weight excluding hydrogens is 406 g/mol. The minimum atomic E-state index is -1.05. The monoisotopic (exact) mass is 439 g/mol. The van der Waals surface area contributed by atoms with Crippen LogP contribution in [0.2, 0.25) is 0 Å². The van der Waals surface area contributed by atoms with Gasteiger partial charge in [-0.15, -0.1) is 0 Å². The fraction of sp³-hybridized carbons (Fsp3) is 0.500. The van der Waals surface area contributed by atoms with Gasteiger partial charge in [-0.25, -0.2) is 4.98 Å². The first kappa shape index (κ1) is 23.5. The Kier molecular flexibility index (Phi) is 7.33. The topological polar surface area (TPSA) is 96.3 Å². The molecule has 1 unspecified atom stereocenters. The molecule has 32 heavy (non-hydrogen) atoms. The fourth-order valence-electron chi connectivity index (χ4n) is 3.95. The zero-order chi connectivity index (χ0) is 23.3. The predicted octanol–water partition coefficient (Wildman–Crippen LogP) is 2.60. The van der Waals surface area contributed by atoms with Crippen LogP contribution in [-0.2, 0) is 17.9 Å². The molecule has 0 aliphatic carbocycles. The van der Waals surface area contributed by atoms with Crippen LogP contribution in [0.4, 0.5) is 0 Å². The molecule has 2 aromatic rings. The number of nitrogens with one attached hydrogen (secondary N) is 2. The maximum Gasteiger partial charge on any atom is 0.273 e. The van der Waals surface area contributed by atoms with Crippen molar-refractivity contribution in [1.82, 2.24) is 25.1 Å². The van der Waals surface area contributed by atoms with Crippen molar-refractivity contribution in [3.05, 3.63) is 53.6 Å². The number of carbonyl (C=O) groups excluding carboxylic acids is 3. The van der Waals surface area contributed by atoms with Crippen LogP contribution in [0.1, 0.15) is 67.1 Å². The van der Waals surface area contributed by atoms with Gasteiger partial charge in [0.25, 0.3) is 11.8 Å².